The quantitative estimate of drug-likeness (QED) is 0.199. The fourth-order valence-electron chi connectivity index (χ4n) is 6.88. The summed E-state index contributed by atoms with van der Waals surface area (Å²) in [6, 6.07) is 14.4. The molecule has 4 atom stereocenters. The largest absolute Gasteiger partial charge is 0.441 e. The Labute approximate surface area is 287 Å². The number of hydrogen-bond acceptors (Lipinski definition) is 6. The van der Waals surface area contributed by atoms with Crippen LogP contribution in [0.1, 0.15) is 95.3 Å². The van der Waals surface area contributed by atoms with Crippen LogP contribution in [-0.4, -0.2) is 53.3 Å². The zero-order valence-electron chi connectivity index (χ0n) is 27.8. The van der Waals surface area contributed by atoms with Gasteiger partial charge in [-0.15, -0.1) is 0 Å². The highest BCUT2D eigenvalue weighted by molar-refractivity contribution is 6.38. The van der Waals surface area contributed by atoms with Gasteiger partial charge < -0.3 is 26.0 Å². The zero-order valence-corrected chi connectivity index (χ0v) is 28.5. The van der Waals surface area contributed by atoms with Crippen LogP contribution in [-0.2, 0) is 30.3 Å². The molecule has 4 amide bonds. The molecule has 4 unspecified atom stereocenters. The Bertz CT molecular complexity index is 1470. The number of rotatable bonds is 14. The van der Waals surface area contributed by atoms with Crippen molar-refractivity contribution >= 4 is 41.2 Å². The van der Waals surface area contributed by atoms with Gasteiger partial charge in [0.05, 0.1) is 6.04 Å². The smallest absolute Gasteiger partial charge is 0.408 e. The molecular weight excluding hydrogens is 632 g/mol. The Kier molecular flexibility index (Phi) is 11.8. The van der Waals surface area contributed by atoms with Gasteiger partial charge in [-0.2, -0.15) is 0 Å². The fourth-order valence-corrected chi connectivity index (χ4v) is 7.10. The van der Waals surface area contributed by atoms with E-state index in [0.717, 1.165) is 56.1 Å². The van der Waals surface area contributed by atoms with Gasteiger partial charge in [0.15, 0.2) is 0 Å². The average Bonchev–Trinajstić information content (AvgIpc) is 3.83. The van der Waals surface area contributed by atoms with E-state index in [-0.39, 0.29) is 24.3 Å². The lowest BCUT2D eigenvalue weighted by Gasteiger charge is -2.29. The van der Waals surface area contributed by atoms with E-state index in [1.165, 1.54) is 0 Å². The molecule has 1 saturated heterocycles. The maximum absolute atomic E-state index is 14.0. The third-order valence-electron chi connectivity index (χ3n) is 9.51. The summed E-state index contributed by atoms with van der Waals surface area (Å²) in [6.45, 7) is 3.79. The van der Waals surface area contributed by atoms with Crippen molar-refractivity contribution in [2.75, 3.05) is 0 Å². The molecule has 2 aliphatic carbocycles. The number of hydrogen-bond donors (Lipinski definition) is 4. The van der Waals surface area contributed by atoms with Crippen LogP contribution in [0.2, 0.25) is 5.02 Å². The van der Waals surface area contributed by atoms with Crippen molar-refractivity contribution in [2.45, 2.75) is 114 Å². The molecule has 48 heavy (non-hydrogen) atoms. The van der Waals surface area contributed by atoms with Crippen LogP contribution >= 0.6 is 11.6 Å². The normalized spacial score (nSPS) is 20.9. The van der Waals surface area contributed by atoms with Crippen molar-refractivity contribution in [1.82, 2.24) is 21.3 Å². The summed E-state index contributed by atoms with van der Waals surface area (Å²) < 4.78 is 5.98. The fraction of sp³-hybridized carbons (Fsp3) is 0.541. The van der Waals surface area contributed by atoms with Crippen molar-refractivity contribution in [3.63, 3.8) is 0 Å². The minimum atomic E-state index is -1.23. The van der Waals surface area contributed by atoms with E-state index in [1.807, 2.05) is 62.4 Å². The van der Waals surface area contributed by atoms with E-state index in [9.17, 15) is 24.0 Å². The Morgan fingerprint density at radius 1 is 0.917 bits per heavy atom. The van der Waals surface area contributed by atoms with Gasteiger partial charge in [0.25, 0.3) is 5.91 Å². The second kappa shape index (κ2) is 16.0. The molecule has 11 heteroatoms. The summed E-state index contributed by atoms with van der Waals surface area (Å²) >= 11 is 6.23. The van der Waals surface area contributed by atoms with Crippen LogP contribution in [0.25, 0.3) is 0 Å². The molecule has 0 aromatic heterocycles. The molecule has 2 saturated carbocycles. The monoisotopic (exact) mass is 678 g/mol. The van der Waals surface area contributed by atoms with E-state index < -0.39 is 53.3 Å². The highest BCUT2D eigenvalue weighted by Gasteiger charge is 2.42. The number of carbonyl (C=O) groups is 5. The summed E-state index contributed by atoms with van der Waals surface area (Å²) in [5.74, 6) is -2.74. The molecule has 4 N–H and O–H groups in total. The Balaban J connectivity index is 1.33. The highest BCUT2D eigenvalue weighted by atomic mass is 35.5. The first-order chi connectivity index (χ1) is 23.0. The van der Waals surface area contributed by atoms with Crippen LogP contribution in [0.15, 0.2) is 54.6 Å². The van der Waals surface area contributed by atoms with Crippen LogP contribution in [0, 0.1) is 11.8 Å². The van der Waals surface area contributed by atoms with Gasteiger partial charge in [0, 0.05) is 28.9 Å². The van der Waals surface area contributed by atoms with Crippen molar-refractivity contribution in [3.05, 3.63) is 70.7 Å². The van der Waals surface area contributed by atoms with Gasteiger partial charge in [-0.1, -0.05) is 86.2 Å². The molecule has 1 heterocycles. The molecule has 0 bridgehead atoms. The first-order valence-electron chi connectivity index (χ1n) is 17.2. The van der Waals surface area contributed by atoms with Crippen LogP contribution < -0.4 is 21.3 Å². The van der Waals surface area contributed by atoms with Gasteiger partial charge >= 0.3 is 6.09 Å². The van der Waals surface area contributed by atoms with Crippen molar-refractivity contribution in [1.29, 1.82) is 0 Å². The van der Waals surface area contributed by atoms with Gasteiger partial charge in [-0.3, -0.25) is 19.2 Å². The first kappa shape index (κ1) is 35.4. The molecule has 0 spiro atoms. The lowest BCUT2D eigenvalue weighted by Crippen LogP contribution is -2.55. The second-order valence-corrected chi connectivity index (χ2v) is 14.7. The Morgan fingerprint density at radius 3 is 2.29 bits per heavy atom. The Morgan fingerprint density at radius 2 is 1.65 bits per heavy atom. The number of ketones is 1. The number of ether oxygens (including phenoxy) is 1. The van der Waals surface area contributed by atoms with Crippen LogP contribution in [0.4, 0.5) is 4.79 Å². The molecule has 2 aromatic rings. The van der Waals surface area contributed by atoms with E-state index in [0.29, 0.717) is 24.3 Å². The minimum absolute atomic E-state index is 0.0196. The molecule has 0 radical (unpaired) electrons. The number of nitrogens with one attached hydrogen (secondary N) is 4. The number of Topliss-reactive ketones (excluding diaryl/α,β-unsaturated/α-hetero) is 1. The number of alkyl carbamates (subject to hydrolysis) is 1. The van der Waals surface area contributed by atoms with Gasteiger partial charge in [-0.05, 0) is 75.1 Å². The van der Waals surface area contributed by atoms with E-state index in [4.69, 9.17) is 16.3 Å². The third kappa shape index (κ3) is 10.3. The van der Waals surface area contributed by atoms with Crippen LogP contribution in [0.3, 0.4) is 0 Å². The first-order valence-corrected chi connectivity index (χ1v) is 17.6. The lowest BCUT2D eigenvalue weighted by molar-refractivity contribution is -0.141. The van der Waals surface area contributed by atoms with Gasteiger partial charge in [0.1, 0.15) is 12.1 Å². The molecule has 3 aliphatic rings. The average molecular weight is 679 g/mol. The predicted molar refractivity (Wildman–Crippen MR) is 182 cm³/mol. The van der Waals surface area contributed by atoms with Crippen molar-refractivity contribution in [2.24, 2.45) is 11.8 Å². The number of benzene rings is 2. The maximum atomic E-state index is 14.0. The SMILES string of the molecule is CC1(C)CC(CC(NC(=O)C(CC2CCCCC2)NC(=O)OC(Cc2cccc(Cl)c2)c2ccccc2)C(=O)C(=O)NC2CC2)C(=O)N1. The predicted octanol–water partition coefficient (Wildman–Crippen LogP) is 5.33. The molecule has 1 aliphatic heterocycles. The summed E-state index contributed by atoms with van der Waals surface area (Å²) in [5.41, 5.74) is 1.20. The molecule has 258 valence electrons. The van der Waals surface area contributed by atoms with E-state index in [1.54, 1.807) is 6.07 Å². The maximum Gasteiger partial charge on any atom is 0.408 e. The zero-order chi connectivity index (χ0) is 34.3. The summed E-state index contributed by atoms with van der Waals surface area (Å²) in [5, 5.41) is 11.8. The Hall–Kier alpha value is -3.92. The van der Waals surface area contributed by atoms with Gasteiger partial charge in [0.2, 0.25) is 17.6 Å². The molecular formula is C37H47ClN4O6. The summed E-state index contributed by atoms with van der Waals surface area (Å²) in [7, 11) is 0. The molecule has 10 nitrogen and oxygen atoms in total. The number of halogens is 1. The van der Waals surface area contributed by atoms with Gasteiger partial charge in [-0.25, -0.2) is 4.79 Å². The summed E-state index contributed by atoms with van der Waals surface area (Å²) in [6.07, 6.45) is 6.37. The number of carbonyl (C=O) groups excluding carboxylic acids is 5. The highest BCUT2D eigenvalue weighted by Crippen LogP contribution is 2.30. The standard InChI is InChI=1S/C37H47ClN4O6/c1-37(2)22-26(33(44)42-37)21-29(32(43)35(46)39-28-16-17-28)40-34(45)30(19-23-10-5-3-6-11-23)41-36(47)48-31(25-13-7-4-8-14-25)20-24-12-9-15-27(38)18-24/h4,7-9,12-15,18,23,26,28-31H,3,5-6,10-11,16-17,19-22H2,1-2H3,(H,39,46)(H,40,45)(H,41,47)(H,42,44). The lowest BCUT2D eigenvalue weighted by atomic mass is 9.84. The molecule has 3 fully saturated rings. The second-order valence-electron chi connectivity index (χ2n) is 14.3. The van der Waals surface area contributed by atoms with Crippen molar-refractivity contribution in [3.8, 4) is 0 Å². The van der Waals surface area contributed by atoms with E-state index >= 15 is 0 Å². The topological polar surface area (TPSA) is 143 Å². The van der Waals surface area contributed by atoms with Crippen molar-refractivity contribution < 1.29 is 28.7 Å². The summed E-state index contributed by atoms with van der Waals surface area (Å²) in [4.78, 5) is 66.7. The van der Waals surface area contributed by atoms with E-state index in [2.05, 4.69) is 21.3 Å². The molecule has 5 rings (SSSR count). The third-order valence-corrected chi connectivity index (χ3v) is 9.75. The minimum Gasteiger partial charge on any atom is -0.441 e. The number of amides is 4. The van der Waals surface area contributed by atoms with Crippen LogP contribution in [0.5, 0.6) is 0 Å². The molecule has 2 aromatic carbocycles.